The molecule has 0 saturated heterocycles. The second-order valence-electron chi connectivity index (χ2n) is 0.516. The van der Waals surface area contributed by atoms with Gasteiger partial charge in [-0.1, -0.05) is 0 Å². The Hall–Kier alpha value is -0.0600. The Morgan fingerprint density at radius 2 is 2.33 bits per heavy atom. The lowest BCUT2D eigenvalue weighted by Crippen LogP contribution is -1.66. The molecule has 0 fully saturated rings. The number of nitrogens with one attached hydrogen (secondary N) is 1. The van der Waals surface area contributed by atoms with Crippen LogP contribution in [0.4, 0.5) is 0 Å². The molecule has 0 heterocycles. The van der Waals surface area contributed by atoms with Gasteiger partial charge in [0.2, 0.25) is 0 Å². The topological polar surface area (TPSA) is 33.1 Å². The maximum absolute atomic E-state index is 6.30. The molecule has 0 radical (unpaired) electrons. The van der Waals surface area contributed by atoms with Crippen LogP contribution in [0.2, 0.25) is 0 Å². The lowest BCUT2D eigenvalue weighted by molar-refractivity contribution is 0.492. The van der Waals surface area contributed by atoms with Gasteiger partial charge in [0.05, 0.1) is 6.26 Å². The Kier molecular flexibility index (Phi) is 4.89. The Bertz CT molecular complexity index is 61.8. The molecule has 0 unspecified atom stereocenters. The van der Waals surface area contributed by atoms with Crippen LogP contribution in [-0.4, -0.2) is 6.40 Å². The molecule has 1 N–H and O–H groups in total. The molecule has 0 aliphatic carbocycles. The standard InChI is InChI=1S/C3H4INO/c4-1-2-6-3-5/h1-3,5H/b2-1-,5-3?. The zero-order valence-electron chi connectivity index (χ0n) is 3.02. The molecule has 0 atom stereocenters. The lowest BCUT2D eigenvalue weighted by atomic mass is 11.1. The highest BCUT2D eigenvalue weighted by Gasteiger charge is 1.55. The molecule has 0 aliphatic rings. The molecule has 34 valence electrons. The number of halogens is 1. The van der Waals surface area contributed by atoms with Gasteiger partial charge in [-0.15, -0.1) is 0 Å². The predicted molar refractivity (Wildman–Crippen MR) is 33.0 cm³/mol. The van der Waals surface area contributed by atoms with Crippen LogP contribution in [0, 0.1) is 5.41 Å². The summed E-state index contributed by atoms with van der Waals surface area (Å²) in [6.45, 7) is 0. The van der Waals surface area contributed by atoms with Crippen LogP contribution in [0.3, 0.4) is 0 Å². The van der Waals surface area contributed by atoms with E-state index in [1.807, 2.05) is 22.6 Å². The van der Waals surface area contributed by atoms with Gasteiger partial charge in [-0.3, -0.25) is 5.41 Å². The summed E-state index contributed by atoms with van der Waals surface area (Å²) in [5.41, 5.74) is 0. The highest BCUT2D eigenvalue weighted by Crippen LogP contribution is 1.81. The summed E-state index contributed by atoms with van der Waals surface area (Å²) in [6, 6.07) is 0. The molecule has 0 rings (SSSR count). The molecule has 0 aromatic rings. The first kappa shape index (κ1) is 5.94. The van der Waals surface area contributed by atoms with Crippen molar-refractivity contribution < 1.29 is 4.74 Å². The summed E-state index contributed by atoms with van der Waals surface area (Å²) in [7, 11) is 0. The van der Waals surface area contributed by atoms with Gasteiger partial charge < -0.3 is 4.74 Å². The average Bonchev–Trinajstić information content (AvgIpc) is 1.61. The summed E-state index contributed by atoms with van der Waals surface area (Å²) in [6.07, 6.45) is 2.29. The van der Waals surface area contributed by atoms with Gasteiger partial charge in [0.25, 0.3) is 0 Å². The fourth-order valence-electron chi connectivity index (χ4n) is 0.0690. The first-order valence-electron chi connectivity index (χ1n) is 1.31. The van der Waals surface area contributed by atoms with Crippen molar-refractivity contribution in [3.05, 3.63) is 10.3 Å². The van der Waals surface area contributed by atoms with E-state index in [9.17, 15) is 0 Å². The first-order chi connectivity index (χ1) is 2.91. The zero-order valence-corrected chi connectivity index (χ0v) is 5.18. The van der Waals surface area contributed by atoms with Gasteiger partial charge in [-0.2, -0.15) is 0 Å². The molecule has 0 aliphatic heterocycles. The highest BCUT2D eigenvalue weighted by molar-refractivity contribution is 14.1. The SMILES string of the molecule is N=CO/C=C\I. The number of ether oxygens (including phenoxy) is 1. The third-order valence-electron chi connectivity index (χ3n) is 0.198. The zero-order chi connectivity index (χ0) is 4.83. The van der Waals surface area contributed by atoms with E-state index in [-0.39, 0.29) is 0 Å². The predicted octanol–water partition coefficient (Wildman–Crippen LogP) is 1.52. The van der Waals surface area contributed by atoms with Crippen molar-refractivity contribution in [1.82, 2.24) is 0 Å². The van der Waals surface area contributed by atoms with Crippen LogP contribution in [0.15, 0.2) is 10.3 Å². The van der Waals surface area contributed by atoms with E-state index in [4.69, 9.17) is 5.41 Å². The molecule has 0 bridgehead atoms. The summed E-state index contributed by atoms with van der Waals surface area (Å²) >= 11 is 2.00. The summed E-state index contributed by atoms with van der Waals surface area (Å²) in [5.74, 6) is 0. The Morgan fingerprint density at radius 1 is 1.67 bits per heavy atom. The Labute approximate surface area is 49.8 Å². The molecule has 3 heteroatoms. The number of hydrogen-bond donors (Lipinski definition) is 1. The Morgan fingerprint density at radius 3 is 2.50 bits per heavy atom. The lowest BCUT2D eigenvalue weighted by Gasteiger charge is -1.77. The minimum Gasteiger partial charge on any atom is -0.454 e. The molecule has 0 spiro atoms. The van der Waals surface area contributed by atoms with Crippen LogP contribution in [0.5, 0.6) is 0 Å². The van der Waals surface area contributed by atoms with Crippen LogP contribution >= 0.6 is 22.6 Å². The minimum atomic E-state index is 0.870. The van der Waals surface area contributed by atoms with Crippen molar-refractivity contribution in [2.24, 2.45) is 0 Å². The molecule has 0 aromatic carbocycles. The molecular weight excluding hydrogens is 193 g/mol. The van der Waals surface area contributed by atoms with Crippen molar-refractivity contribution in [2.75, 3.05) is 0 Å². The molecule has 0 aromatic heterocycles. The van der Waals surface area contributed by atoms with Gasteiger partial charge in [-0.05, 0) is 22.6 Å². The smallest absolute Gasteiger partial charge is 0.172 e. The van der Waals surface area contributed by atoms with Gasteiger partial charge >= 0.3 is 0 Å². The van der Waals surface area contributed by atoms with Gasteiger partial charge in [0, 0.05) is 4.08 Å². The van der Waals surface area contributed by atoms with E-state index < -0.39 is 0 Å². The van der Waals surface area contributed by atoms with Crippen LogP contribution in [-0.2, 0) is 4.74 Å². The Balaban J connectivity index is 2.85. The molecule has 6 heavy (non-hydrogen) atoms. The second kappa shape index (κ2) is 4.94. The third kappa shape index (κ3) is 3.94. The monoisotopic (exact) mass is 197 g/mol. The fraction of sp³-hybridized carbons (Fsp3) is 0. The normalized spacial score (nSPS) is 8.83. The minimum absolute atomic E-state index is 0.870. The molecular formula is C3H4INO. The van der Waals surface area contributed by atoms with E-state index in [0.29, 0.717) is 0 Å². The molecule has 0 saturated carbocycles. The van der Waals surface area contributed by atoms with E-state index in [1.54, 1.807) is 4.08 Å². The maximum atomic E-state index is 6.30. The van der Waals surface area contributed by atoms with Crippen molar-refractivity contribution in [3.8, 4) is 0 Å². The van der Waals surface area contributed by atoms with E-state index >= 15 is 0 Å². The van der Waals surface area contributed by atoms with Crippen molar-refractivity contribution in [2.45, 2.75) is 0 Å². The van der Waals surface area contributed by atoms with E-state index in [2.05, 4.69) is 4.74 Å². The van der Waals surface area contributed by atoms with Crippen LogP contribution in [0.1, 0.15) is 0 Å². The van der Waals surface area contributed by atoms with Crippen molar-refractivity contribution in [3.63, 3.8) is 0 Å². The average molecular weight is 197 g/mol. The maximum Gasteiger partial charge on any atom is 0.172 e. The van der Waals surface area contributed by atoms with Gasteiger partial charge in [0.15, 0.2) is 6.40 Å². The molecule has 2 nitrogen and oxygen atoms in total. The number of rotatable bonds is 2. The summed E-state index contributed by atoms with van der Waals surface area (Å²) in [4.78, 5) is 0. The first-order valence-corrected chi connectivity index (χ1v) is 2.56. The van der Waals surface area contributed by atoms with E-state index in [0.717, 1.165) is 6.40 Å². The second-order valence-corrected chi connectivity index (χ2v) is 1.24. The third-order valence-corrected chi connectivity index (χ3v) is 0.492. The van der Waals surface area contributed by atoms with Crippen LogP contribution < -0.4 is 0 Å². The number of hydrogen-bond acceptors (Lipinski definition) is 2. The van der Waals surface area contributed by atoms with Crippen molar-refractivity contribution >= 4 is 29.0 Å². The summed E-state index contributed by atoms with van der Waals surface area (Å²) < 4.78 is 6.02. The quantitative estimate of drug-likeness (QED) is 0.309. The summed E-state index contributed by atoms with van der Waals surface area (Å²) in [5, 5.41) is 6.30. The fourth-order valence-corrected chi connectivity index (χ4v) is 0.238. The highest BCUT2D eigenvalue weighted by atomic mass is 127. The van der Waals surface area contributed by atoms with Crippen molar-refractivity contribution in [1.29, 1.82) is 5.41 Å². The molecule has 0 amide bonds. The van der Waals surface area contributed by atoms with Gasteiger partial charge in [-0.25, -0.2) is 0 Å². The largest absolute Gasteiger partial charge is 0.454 e. The van der Waals surface area contributed by atoms with Crippen LogP contribution in [0.25, 0.3) is 0 Å². The van der Waals surface area contributed by atoms with Gasteiger partial charge in [0.1, 0.15) is 0 Å². The van der Waals surface area contributed by atoms with E-state index in [1.165, 1.54) is 6.26 Å².